The molecule has 7 nitrogen and oxygen atoms in total. The number of hydrogen-bond acceptors (Lipinski definition) is 5. The Morgan fingerprint density at radius 2 is 1.96 bits per heavy atom. The number of hydrogen-bond donors (Lipinski definition) is 1. The Labute approximate surface area is 161 Å². The van der Waals surface area contributed by atoms with Gasteiger partial charge in [0.05, 0.1) is 30.8 Å². The number of carbonyl (C=O) groups is 1. The molecular formula is C19H19ClN4O3. The van der Waals surface area contributed by atoms with Crippen molar-refractivity contribution in [3.05, 3.63) is 58.9 Å². The van der Waals surface area contributed by atoms with Gasteiger partial charge in [0.2, 0.25) is 0 Å². The molecule has 0 saturated heterocycles. The van der Waals surface area contributed by atoms with Crippen LogP contribution in [0.5, 0.6) is 11.5 Å². The average molecular weight is 387 g/mol. The third-order valence-corrected chi connectivity index (χ3v) is 4.15. The lowest BCUT2D eigenvalue weighted by Crippen LogP contribution is -2.15. The first-order chi connectivity index (χ1) is 13.0. The molecule has 1 heterocycles. The normalized spacial score (nSPS) is 10.5. The molecule has 1 amide bonds. The van der Waals surface area contributed by atoms with E-state index >= 15 is 0 Å². The Balaban J connectivity index is 1.84. The summed E-state index contributed by atoms with van der Waals surface area (Å²) >= 11 is 6.00. The fourth-order valence-corrected chi connectivity index (χ4v) is 2.77. The number of ether oxygens (including phenoxy) is 2. The van der Waals surface area contributed by atoms with Crippen LogP contribution < -0.4 is 14.8 Å². The van der Waals surface area contributed by atoms with E-state index in [-0.39, 0.29) is 5.69 Å². The lowest BCUT2D eigenvalue weighted by atomic mass is 10.2. The zero-order valence-corrected chi connectivity index (χ0v) is 15.9. The number of benzene rings is 2. The summed E-state index contributed by atoms with van der Waals surface area (Å²) in [6.45, 7) is 4.30. The summed E-state index contributed by atoms with van der Waals surface area (Å²) in [6, 6.07) is 12.4. The monoisotopic (exact) mass is 386 g/mol. The molecule has 0 radical (unpaired) electrons. The number of rotatable bonds is 6. The van der Waals surface area contributed by atoms with Crippen molar-refractivity contribution in [1.82, 2.24) is 15.0 Å². The molecule has 0 aliphatic rings. The standard InChI is InChI=1S/C19H19ClN4O3/c1-4-27-15-8-6-14(7-9-15)24-12(2)18(22-23-24)19(25)21-16-11-13(20)5-10-17(16)26-3/h5-11H,4H2,1-3H3,(H,21,25). The maximum Gasteiger partial charge on any atom is 0.278 e. The third kappa shape index (κ3) is 4.03. The largest absolute Gasteiger partial charge is 0.495 e. The second kappa shape index (κ2) is 8.09. The van der Waals surface area contributed by atoms with Crippen LogP contribution in [-0.2, 0) is 0 Å². The molecular weight excluding hydrogens is 368 g/mol. The quantitative estimate of drug-likeness (QED) is 0.695. The number of halogens is 1. The van der Waals surface area contributed by atoms with Crippen molar-refractivity contribution >= 4 is 23.2 Å². The summed E-state index contributed by atoms with van der Waals surface area (Å²) in [5.41, 5.74) is 2.07. The molecule has 3 aromatic rings. The van der Waals surface area contributed by atoms with E-state index in [9.17, 15) is 4.79 Å². The fraction of sp³-hybridized carbons (Fsp3) is 0.211. The summed E-state index contributed by atoms with van der Waals surface area (Å²) in [4.78, 5) is 12.7. The van der Waals surface area contributed by atoms with Crippen LogP contribution >= 0.6 is 11.6 Å². The summed E-state index contributed by atoms with van der Waals surface area (Å²) in [7, 11) is 1.52. The maximum atomic E-state index is 12.7. The van der Waals surface area contributed by atoms with Crippen molar-refractivity contribution in [2.24, 2.45) is 0 Å². The van der Waals surface area contributed by atoms with Crippen LogP contribution in [0.4, 0.5) is 5.69 Å². The van der Waals surface area contributed by atoms with E-state index in [2.05, 4.69) is 15.6 Å². The van der Waals surface area contributed by atoms with E-state index in [0.29, 0.717) is 28.8 Å². The molecule has 0 spiro atoms. The molecule has 0 fully saturated rings. The smallest absolute Gasteiger partial charge is 0.278 e. The SMILES string of the molecule is CCOc1ccc(-n2nnc(C(=O)Nc3cc(Cl)ccc3OC)c2C)cc1. The minimum absolute atomic E-state index is 0.214. The average Bonchev–Trinajstić information content (AvgIpc) is 3.04. The highest BCUT2D eigenvalue weighted by Gasteiger charge is 2.19. The van der Waals surface area contributed by atoms with Gasteiger partial charge in [0.15, 0.2) is 5.69 Å². The van der Waals surface area contributed by atoms with Crippen LogP contribution in [0.25, 0.3) is 5.69 Å². The predicted octanol–water partition coefficient (Wildman–Crippen LogP) is 3.89. The van der Waals surface area contributed by atoms with Gasteiger partial charge in [-0.3, -0.25) is 4.79 Å². The Kier molecular flexibility index (Phi) is 5.61. The van der Waals surface area contributed by atoms with Crippen LogP contribution in [0.2, 0.25) is 5.02 Å². The lowest BCUT2D eigenvalue weighted by molar-refractivity contribution is 0.102. The molecule has 0 aliphatic heterocycles. The number of nitrogens with zero attached hydrogens (tertiary/aromatic N) is 3. The Morgan fingerprint density at radius 3 is 2.63 bits per heavy atom. The number of anilines is 1. The zero-order valence-electron chi connectivity index (χ0n) is 15.2. The van der Waals surface area contributed by atoms with Crippen molar-refractivity contribution in [3.63, 3.8) is 0 Å². The van der Waals surface area contributed by atoms with Gasteiger partial charge in [0.1, 0.15) is 11.5 Å². The number of methoxy groups -OCH3 is 1. The van der Waals surface area contributed by atoms with Gasteiger partial charge in [0.25, 0.3) is 5.91 Å². The molecule has 1 N–H and O–H groups in total. The van der Waals surface area contributed by atoms with E-state index in [0.717, 1.165) is 11.4 Å². The van der Waals surface area contributed by atoms with Gasteiger partial charge in [-0.1, -0.05) is 16.8 Å². The molecule has 0 saturated carbocycles. The maximum absolute atomic E-state index is 12.7. The van der Waals surface area contributed by atoms with Gasteiger partial charge in [-0.15, -0.1) is 5.10 Å². The van der Waals surface area contributed by atoms with E-state index in [1.54, 1.807) is 29.8 Å². The Hall–Kier alpha value is -3.06. The highest BCUT2D eigenvalue weighted by atomic mass is 35.5. The van der Waals surface area contributed by atoms with Gasteiger partial charge < -0.3 is 14.8 Å². The molecule has 2 aromatic carbocycles. The van der Waals surface area contributed by atoms with Crippen molar-refractivity contribution in [2.45, 2.75) is 13.8 Å². The van der Waals surface area contributed by atoms with E-state index < -0.39 is 5.91 Å². The number of amides is 1. The molecule has 1 aromatic heterocycles. The minimum atomic E-state index is -0.398. The van der Waals surface area contributed by atoms with Gasteiger partial charge >= 0.3 is 0 Å². The summed E-state index contributed by atoms with van der Waals surface area (Å²) in [5.74, 6) is 0.875. The van der Waals surface area contributed by atoms with Gasteiger partial charge in [-0.2, -0.15) is 0 Å². The van der Waals surface area contributed by atoms with Crippen molar-refractivity contribution < 1.29 is 14.3 Å². The van der Waals surface area contributed by atoms with Gasteiger partial charge in [0, 0.05) is 5.02 Å². The second-order valence-electron chi connectivity index (χ2n) is 5.66. The van der Waals surface area contributed by atoms with Crippen LogP contribution in [0.3, 0.4) is 0 Å². The lowest BCUT2D eigenvalue weighted by Gasteiger charge is -2.10. The number of carbonyl (C=O) groups excluding carboxylic acids is 1. The Morgan fingerprint density at radius 1 is 1.22 bits per heavy atom. The van der Waals surface area contributed by atoms with Crippen LogP contribution in [0, 0.1) is 6.92 Å². The van der Waals surface area contributed by atoms with Crippen molar-refractivity contribution in [1.29, 1.82) is 0 Å². The first-order valence-corrected chi connectivity index (χ1v) is 8.71. The first-order valence-electron chi connectivity index (χ1n) is 8.34. The summed E-state index contributed by atoms with van der Waals surface area (Å²) in [6.07, 6.45) is 0. The third-order valence-electron chi connectivity index (χ3n) is 3.91. The summed E-state index contributed by atoms with van der Waals surface area (Å²) < 4.78 is 12.3. The molecule has 140 valence electrons. The first kappa shape index (κ1) is 18.7. The second-order valence-corrected chi connectivity index (χ2v) is 6.10. The Bertz CT molecular complexity index is 954. The zero-order chi connectivity index (χ0) is 19.4. The highest BCUT2D eigenvalue weighted by molar-refractivity contribution is 6.31. The van der Waals surface area contributed by atoms with Crippen molar-refractivity contribution in [3.8, 4) is 17.2 Å². The molecule has 3 rings (SSSR count). The van der Waals surface area contributed by atoms with Gasteiger partial charge in [-0.25, -0.2) is 4.68 Å². The predicted molar refractivity (Wildman–Crippen MR) is 103 cm³/mol. The van der Waals surface area contributed by atoms with E-state index in [1.165, 1.54) is 7.11 Å². The number of nitrogens with one attached hydrogen (secondary N) is 1. The molecule has 0 unspecified atom stereocenters. The molecule has 0 bridgehead atoms. The topological polar surface area (TPSA) is 78.3 Å². The number of aromatic nitrogens is 3. The molecule has 0 atom stereocenters. The van der Waals surface area contributed by atoms with Crippen LogP contribution in [0.15, 0.2) is 42.5 Å². The molecule has 27 heavy (non-hydrogen) atoms. The fourth-order valence-electron chi connectivity index (χ4n) is 2.59. The van der Waals surface area contributed by atoms with Gasteiger partial charge in [-0.05, 0) is 56.3 Å². The summed E-state index contributed by atoms with van der Waals surface area (Å²) in [5, 5.41) is 11.4. The molecule has 8 heteroatoms. The van der Waals surface area contributed by atoms with Crippen molar-refractivity contribution in [2.75, 3.05) is 19.0 Å². The van der Waals surface area contributed by atoms with Crippen LogP contribution in [-0.4, -0.2) is 34.6 Å². The molecule has 0 aliphatic carbocycles. The van der Waals surface area contributed by atoms with E-state index in [1.807, 2.05) is 31.2 Å². The van der Waals surface area contributed by atoms with E-state index in [4.69, 9.17) is 21.1 Å². The minimum Gasteiger partial charge on any atom is -0.495 e. The highest BCUT2D eigenvalue weighted by Crippen LogP contribution is 2.28. The van der Waals surface area contributed by atoms with Crippen LogP contribution in [0.1, 0.15) is 23.1 Å².